The van der Waals surface area contributed by atoms with Crippen molar-refractivity contribution in [3.05, 3.63) is 65.5 Å². The molecule has 1 unspecified atom stereocenters. The molecular formula is C28H32F4O. The van der Waals surface area contributed by atoms with E-state index in [0.29, 0.717) is 17.0 Å². The van der Waals surface area contributed by atoms with Gasteiger partial charge in [0.25, 0.3) is 0 Å². The second-order valence-corrected chi connectivity index (χ2v) is 9.60. The zero-order valence-corrected chi connectivity index (χ0v) is 19.1. The minimum Gasteiger partial charge on any atom is -0.406 e. The van der Waals surface area contributed by atoms with Crippen molar-refractivity contribution in [2.75, 3.05) is 0 Å². The van der Waals surface area contributed by atoms with E-state index in [4.69, 9.17) is 0 Å². The van der Waals surface area contributed by atoms with E-state index >= 15 is 0 Å². The summed E-state index contributed by atoms with van der Waals surface area (Å²) >= 11 is 0. The highest BCUT2D eigenvalue weighted by Crippen LogP contribution is 2.41. The van der Waals surface area contributed by atoms with Crippen molar-refractivity contribution in [1.29, 1.82) is 0 Å². The number of benzene rings is 2. The SMILES string of the molecule is C/C=C/CCC1CCC(C2CCc3cc(-c4ccc(OC(F)(F)F)cc4)c(F)cc3C2)CC1. The highest BCUT2D eigenvalue weighted by molar-refractivity contribution is 5.66. The molecule has 2 aromatic rings. The third kappa shape index (κ3) is 6.18. The zero-order valence-electron chi connectivity index (χ0n) is 19.1. The van der Waals surface area contributed by atoms with Crippen LogP contribution in [-0.2, 0) is 12.8 Å². The molecule has 0 bridgehead atoms. The zero-order chi connectivity index (χ0) is 23.4. The van der Waals surface area contributed by atoms with Gasteiger partial charge >= 0.3 is 6.36 Å². The highest BCUT2D eigenvalue weighted by atomic mass is 19.4. The topological polar surface area (TPSA) is 9.23 Å². The first-order valence-electron chi connectivity index (χ1n) is 12.1. The predicted molar refractivity (Wildman–Crippen MR) is 124 cm³/mol. The van der Waals surface area contributed by atoms with Gasteiger partial charge in [-0.15, -0.1) is 13.2 Å². The molecule has 2 aliphatic rings. The number of halogens is 4. The fourth-order valence-corrected chi connectivity index (χ4v) is 5.71. The van der Waals surface area contributed by atoms with Crippen LogP contribution >= 0.6 is 0 Å². The third-order valence-corrected chi connectivity index (χ3v) is 7.49. The molecule has 5 heteroatoms. The summed E-state index contributed by atoms with van der Waals surface area (Å²) in [5.41, 5.74) is 3.26. The van der Waals surface area contributed by atoms with Gasteiger partial charge in [-0.25, -0.2) is 4.39 Å². The van der Waals surface area contributed by atoms with Crippen LogP contribution in [0.4, 0.5) is 17.6 Å². The maximum Gasteiger partial charge on any atom is 0.573 e. The van der Waals surface area contributed by atoms with Crippen LogP contribution in [0.2, 0.25) is 0 Å². The fourth-order valence-electron chi connectivity index (χ4n) is 5.71. The Morgan fingerprint density at radius 1 is 0.939 bits per heavy atom. The molecule has 0 heterocycles. The van der Waals surface area contributed by atoms with E-state index in [-0.39, 0.29) is 11.6 Å². The molecule has 0 spiro atoms. The molecule has 1 nitrogen and oxygen atoms in total. The second-order valence-electron chi connectivity index (χ2n) is 9.60. The van der Waals surface area contributed by atoms with Gasteiger partial charge in [-0.05, 0) is 111 Å². The molecule has 0 N–H and O–H groups in total. The summed E-state index contributed by atoms with van der Waals surface area (Å²) in [4.78, 5) is 0. The second kappa shape index (κ2) is 10.3. The number of aryl methyl sites for hydroxylation is 1. The Balaban J connectivity index is 1.39. The quantitative estimate of drug-likeness (QED) is 0.310. The third-order valence-electron chi connectivity index (χ3n) is 7.49. The Bertz CT molecular complexity index is 953. The summed E-state index contributed by atoms with van der Waals surface area (Å²) < 4.78 is 56.0. The normalized spacial score (nSPS) is 23.5. The molecule has 2 aliphatic carbocycles. The summed E-state index contributed by atoms with van der Waals surface area (Å²) in [6.45, 7) is 2.08. The summed E-state index contributed by atoms with van der Waals surface area (Å²) in [7, 11) is 0. The lowest BCUT2D eigenvalue weighted by Gasteiger charge is -2.36. The predicted octanol–water partition coefficient (Wildman–Crippen LogP) is 8.66. The van der Waals surface area contributed by atoms with Crippen molar-refractivity contribution in [2.45, 2.75) is 71.1 Å². The van der Waals surface area contributed by atoms with Crippen LogP contribution in [-0.4, -0.2) is 6.36 Å². The van der Waals surface area contributed by atoms with Crippen LogP contribution in [0.25, 0.3) is 11.1 Å². The van der Waals surface area contributed by atoms with Gasteiger partial charge in [0.1, 0.15) is 11.6 Å². The van der Waals surface area contributed by atoms with Crippen LogP contribution < -0.4 is 4.74 Å². The Hall–Kier alpha value is -2.30. The van der Waals surface area contributed by atoms with Gasteiger partial charge in [-0.2, -0.15) is 0 Å². The number of allylic oxidation sites excluding steroid dienone is 2. The largest absolute Gasteiger partial charge is 0.573 e. The Kier molecular flexibility index (Phi) is 7.45. The highest BCUT2D eigenvalue weighted by Gasteiger charge is 2.32. The molecule has 178 valence electrons. The summed E-state index contributed by atoms with van der Waals surface area (Å²) in [5.74, 6) is 1.59. The van der Waals surface area contributed by atoms with E-state index < -0.39 is 6.36 Å². The molecule has 33 heavy (non-hydrogen) atoms. The average Bonchev–Trinajstić information content (AvgIpc) is 2.78. The monoisotopic (exact) mass is 460 g/mol. The summed E-state index contributed by atoms with van der Waals surface area (Å²) in [6, 6.07) is 8.95. The number of hydrogen-bond donors (Lipinski definition) is 0. The lowest BCUT2D eigenvalue weighted by atomic mass is 9.69. The van der Waals surface area contributed by atoms with E-state index in [0.717, 1.165) is 36.7 Å². The molecule has 0 amide bonds. The van der Waals surface area contributed by atoms with Crippen LogP contribution in [0.3, 0.4) is 0 Å². The number of fused-ring (bicyclic) bond motifs is 1. The molecular weight excluding hydrogens is 428 g/mol. The summed E-state index contributed by atoms with van der Waals surface area (Å²) in [5, 5.41) is 0. The molecule has 0 aliphatic heterocycles. The molecule has 2 aromatic carbocycles. The van der Waals surface area contributed by atoms with Gasteiger partial charge in [0.05, 0.1) is 0 Å². The van der Waals surface area contributed by atoms with E-state index in [1.807, 2.05) is 6.07 Å². The smallest absolute Gasteiger partial charge is 0.406 e. The Morgan fingerprint density at radius 3 is 2.33 bits per heavy atom. The number of ether oxygens (including phenoxy) is 1. The first-order valence-corrected chi connectivity index (χ1v) is 12.1. The van der Waals surface area contributed by atoms with Gasteiger partial charge in [0, 0.05) is 5.56 Å². The van der Waals surface area contributed by atoms with E-state index in [2.05, 4.69) is 23.8 Å². The van der Waals surface area contributed by atoms with Crippen molar-refractivity contribution in [3.8, 4) is 16.9 Å². The molecule has 1 saturated carbocycles. The van der Waals surface area contributed by atoms with E-state index in [1.54, 1.807) is 6.07 Å². The summed E-state index contributed by atoms with van der Waals surface area (Å²) in [6.07, 6.45) is 10.3. The molecule has 1 fully saturated rings. The minimum atomic E-state index is -4.74. The van der Waals surface area contributed by atoms with Crippen LogP contribution in [0.15, 0.2) is 48.6 Å². The van der Waals surface area contributed by atoms with E-state index in [1.165, 1.54) is 68.4 Å². The molecule has 0 aromatic heterocycles. The van der Waals surface area contributed by atoms with Crippen LogP contribution in [0.5, 0.6) is 5.75 Å². The standard InChI is InChI=1S/C28H32F4O/c1-2-3-4-5-19-6-8-20(9-7-19)22-10-11-23-17-26(27(29)18-24(23)16-22)21-12-14-25(15-13-21)33-28(30,31)32/h2-3,12-15,17-20,22H,4-11,16H2,1H3/b3-2+. The Labute approximate surface area is 193 Å². The van der Waals surface area contributed by atoms with Crippen molar-refractivity contribution in [2.24, 2.45) is 17.8 Å². The molecule has 4 rings (SSSR count). The number of hydrogen-bond acceptors (Lipinski definition) is 1. The van der Waals surface area contributed by atoms with Crippen molar-refractivity contribution in [1.82, 2.24) is 0 Å². The lowest BCUT2D eigenvalue weighted by Crippen LogP contribution is -2.26. The van der Waals surface area contributed by atoms with Gasteiger partial charge in [-0.3, -0.25) is 0 Å². The van der Waals surface area contributed by atoms with Gasteiger partial charge in [0.2, 0.25) is 0 Å². The first kappa shape index (κ1) is 23.8. The lowest BCUT2D eigenvalue weighted by molar-refractivity contribution is -0.274. The minimum absolute atomic E-state index is 0.302. The Morgan fingerprint density at radius 2 is 1.67 bits per heavy atom. The van der Waals surface area contributed by atoms with Crippen molar-refractivity contribution < 1.29 is 22.3 Å². The van der Waals surface area contributed by atoms with Crippen molar-refractivity contribution >= 4 is 0 Å². The number of rotatable bonds is 6. The van der Waals surface area contributed by atoms with Gasteiger partial charge in [-0.1, -0.05) is 37.1 Å². The van der Waals surface area contributed by atoms with Crippen molar-refractivity contribution in [3.63, 3.8) is 0 Å². The van der Waals surface area contributed by atoms with E-state index in [9.17, 15) is 17.6 Å². The molecule has 1 atom stereocenters. The van der Waals surface area contributed by atoms with Crippen LogP contribution in [0, 0.1) is 23.6 Å². The van der Waals surface area contributed by atoms with Gasteiger partial charge in [0.15, 0.2) is 0 Å². The number of alkyl halides is 3. The average molecular weight is 461 g/mol. The first-order chi connectivity index (χ1) is 15.8. The van der Waals surface area contributed by atoms with Gasteiger partial charge < -0.3 is 4.74 Å². The maximum atomic E-state index is 15.0. The molecule has 0 radical (unpaired) electrons. The maximum absolute atomic E-state index is 15.0. The van der Waals surface area contributed by atoms with Crippen LogP contribution in [0.1, 0.15) is 63.0 Å². The molecule has 0 saturated heterocycles. The fraction of sp³-hybridized carbons (Fsp3) is 0.500.